The van der Waals surface area contributed by atoms with Gasteiger partial charge in [-0.25, -0.2) is 0 Å². The second-order valence-corrected chi connectivity index (χ2v) is 4.70. The highest BCUT2D eigenvalue weighted by Crippen LogP contribution is 2.19. The maximum atomic E-state index is 3.52. The van der Waals surface area contributed by atoms with Crippen molar-refractivity contribution in [1.82, 2.24) is 5.32 Å². The van der Waals surface area contributed by atoms with E-state index in [9.17, 15) is 0 Å². The molecule has 0 spiro atoms. The molecule has 1 N–H and O–H groups in total. The third-order valence-corrected chi connectivity index (χ3v) is 3.26. The molecule has 0 atom stereocenters. The Bertz CT molecular complexity index is 296. The summed E-state index contributed by atoms with van der Waals surface area (Å²) in [6.07, 6.45) is 6.25. The summed E-state index contributed by atoms with van der Waals surface area (Å²) in [4.78, 5) is 0. The summed E-state index contributed by atoms with van der Waals surface area (Å²) in [6.45, 7) is 3.32. The molecule has 14 heavy (non-hydrogen) atoms. The molecule has 1 saturated carbocycles. The molecule has 0 aliphatic heterocycles. The first-order chi connectivity index (χ1) is 6.86. The van der Waals surface area contributed by atoms with Gasteiger partial charge in [0, 0.05) is 6.04 Å². The van der Waals surface area contributed by atoms with Crippen LogP contribution in [0.1, 0.15) is 31.7 Å². The summed E-state index contributed by atoms with van der Waals surface area (Å²) in [5.74, 6) is 0. The maximum Gasteiger partial charge on any atom is 0.00683 e. The van der Waals surface area contributed by atoms with Gasteiger partial charge in [-0.05, 0) is 60.7 Å². The molecule has 2 heteroatoms. The lowest BCUT2D eigenvalue weighted by molar-refractivity contribution is 0.690. The van der Waals surface area contributed by atoms with Crippen molar-refractivity contribution in [2.45, 2.75) is 32.2 Å². The molecule has 0 amide bonds. The van der Waals surface area contributed by atoms with Gasteiger partial charge in [0.2, 0.25) is 0 Å². The Hall–Kier alpha value is -0.600. The highest BCUT2D eigenvalue weighted by Gasteiger charge is 2.19. The number of nitrogens with one attached hydrogen (secondary N) is 1. The van der Waals surface area contributed by atoms with Gasteiger partial charge in [0.25, 0.3) is 0 Å². The van der Waals surface area contributed by atoms with Crippen molar-refractivity contribution in [3.05, 3.63) is 28.5 Å². The second kappa shape index (κ2) is 4.76. The predicted molar refractivity (Wildman–Crippen MR) is 63.6 cm³/mol. The quantitative estimate of drug-likeness (QED) is 0.731. The molecule has 0 bridgehead atoms. The topological polar surface area (TPSA) is 12.0 Å². The van der Waals surface area contributed by atoms with Crippen LogP contribution >= 0.6 is 11.3 Å². The number of rotatable bonds is 5. The zero-order valence-electron chi connectivity index (χ0n) is 8.62. The lowest BCUT2D eigenvalue weighted by Gasteiger charge is -2.00. The molecule has 2 rings (SSSR count). The van der Waals surface area contributed by atoms with Crippen molar-refractivity contribution >= 4 is 16.9 Å². The second-order valence-electron chi connectivity index (χ2n) is 3.92. The molecule has 0 radical (unpaired) electrons. The van der Waals surface area contributed by atoms with Crippen LogP contribution in [-0.2, 0) is 0 Å². The molecule has 0 unspecified atom stereocenters. The van der Waals surface area contributed by atoms with E-state index < -0.39 is 0 Å². The predicted octanol–water partition coefficient (Wildman–Crippen LogP) is 3.29. The number of hydrogen-bond acceptors (Lipinski definition) is 2. The van der Waals surface area contributed by atoms with Gasteiger partial charge in [-0.2, -0.15) is 11.3 Å². The van der Waals surface area contributed by atoms with Crippen molar-refractivity contribution in [3.63, 3.8) is 0 Å². The Morgan fingerprint density at radius 1 is 1.64 bits per heavy atom. The van der Waals surface area contributed by atoms with Crippen LogP contribution in [0.15, 0.2) is 22.9 Å². The first-order valence-electron chi connectivity index (χ1n) is 5.29. The van der Waals surface area contributed by atoms with Crippen LogP contribution < -0.4 is 5.32 Å². The molecule has 76 valence electrons. The van der Waals surface area contributed by atoms with Crippen molar-refractivity contribution < 1.29 is 0 Å². The Labute approximate surface area is 89.8 Å². The van der Waals surface area contributed by atoms with Crippen LogP contribution in [0.25, 0.3) is 5.57 Å². The normalized spacial score (nSPS) is 17.4. The zero-order valence-corrected chi connectivity index (χ0v) is 9.44. The smallest absolute Gasteiger partial charge is 0.00683 e. The minimum Gasteiger partial charge on any atom is -0.314 e. The molecule has 1 fully saturated rings. The van der Waals surface area contributed by atoms with E-state index in [1.807, 2.05) is 0 Å². The van der Waals surface area contributed by atoms with Crippen LogP contribution in [0.5, 0.6) is 0 Å². The summed E-state index contributed by atoms with van der Waals surface area (Å²) < 4.78 is 0. The van der Waals surface area contributed by atoms with Crippen molar-refractivity contribution in [2.24, 2.45) is 0 Å². The van der Waals surface area contributed by atoms with Gasteiger partial charge < -0.3 is 5.32 Å². The van der Waals surface area contributed by atoms with E-state index in [1.165, 1.54) is 24.0 Å². The molecular weight excluding hydrogens is 190 g/mol. The minimum absolute atomic E-state index is 0.838. The van der Waals surface area contributed by atoms with E-state index in [0.717, 1.165) is 19.0 Å². The molecule has 1 aromatic heterocycles. The molecular formula is C12H17NS. The molecule has 1 heterocycles. The van der Waals surface area contributed by atoms with E-state index in [1.54, 1.807) is 11.3 Å². The Morgan fingerprint density at radius 3 is 3.14 bits per heavy atom. The largest absolute Gasteiger partial charge is 0.314 e. The summed E-state index contributed by atoms with van der Waals surface area (Å²) in [5.41, 5.74) is 2.78. The maximum absolute atomic E-state index is 3.52. The fourth-order valence-electron chi connectivity index (χ4n) is 1.47. The molecule has 1 aliphatic rings. The summed E-state index contributed by atoms with van der Waals surface area (Å²) >= 11 is 1.77. The third-order valence-electron chi connectivity index (χ3n) is 2.58. The first kappa shape index (κ1) is 9.94. The average molecular weight is 207 g/mol. The van der Waals surface area contributed by atoms with E-state index in [-0.39, 0.29) is 0 Å². The molecule has 1 aliphatic carbocycles. The Kier molecular flexibility index (Phi) is 3.38. The molecule has 1 nitrogen and oxygen atoms in total. The SMILES string of the molecule is CC(=CCCNC1CC1)c1ccsc1. The van der Waals surface area contributed by atoms with Crippen LogP contribution in [-0.4, -0.2) is 12.6 Å². The van der Waals surface area contributed by atoms with Crippen LogP contribution in [0.3, 0.4) is 0 Å². The van der Waals surface area contributed by atoms with E-state index in [0.29, 0.717) is 0 Å². The van der Waals surface area contributed by atoms with Gasteiger partial charge in [-0.1, -0.05) is 6.08 Å². The fourth-order valence-corrected chi connectivity index (χ4v) is 2.19. The number of allylic oxidation sites excluding steroid dienone is 1. The lowest BCUT2D eigenvalue weighted by Crippen LogP contribution is -2.16. The van der Waals surface area contributed by atoms with Crippen molar-refractivity contribution in [1.29, 1.82) is 0 Å². The van der Waals surface area contributed by atoms with E-state index in [4.69, 9.17) is 0 Å². The van der Waals surface area contributed by atoms with Gasteiger partial charge in [0.1, 0.15) is 0 Å². The summed E-state index contributed by atoms with van der Waals surface area (Å²) in [5, 5.41) is 7.86. The summed E-state index contributed by atoms with van der Waals surface area (Å²) in [7, 11) is 0. The van der Waals surface area contributed by atoms with E-state index >= 15 is 0 Å². The number of hydrogen-bond donors (Lipinski definition) is 1. The van der Waals surface area contributed by atoms with E-state index in [2.05, 4.69) is 35.1 Å². The third kappa shape index (κ3) is 2.96. The standard InChI is InChI=1S/C12H17NS/c1-10(11-6-8-14-9-11)3-2-7-13-12-4-5-12/h3,6,8-9,12-13H,2,4-5,7H2,1H3. The van der Waals surface area contributed by atoms with Gasteiger partial charge in [0.15, 0.2) is 0 Å². The summed E-state index contributed by atoms with van der Waals surface area (Å²) in [6, 6.07) is 3.02. The zero-order chi connectivity index (χ0) is 9.80. The van der Waals surface area contributed by atoms with Gasteiger partial charge in [-0.15, -0.1) is 0 Å². The highest BCUT2D eigenvalue weighted by molar-refractivity contribution is 7.08. The molecule has 1 aromatic rings. The fraction of sp³-hybridized carbons (Fsp3) is 0.500. The Balaban J connectivity index is 1.73. The van der Waals surface area contributed by atoms with Crippen molar-refractivity contribution in [2.75, 3.05) is 6.54 Å². The van der Waals surface area contributed by atoms with Crippen LogP contribution in [0.4, 0.5) is 0 Å². The Morgan fingerprint density at radius 2 is 2.50 bits per heavy atom. The van der Waals surface area contributed by atoms with Gasteiger partial charge in [0.05, 0.1) is 0 Å². The number of thiophene rings is 1. The lowest BCUT2D eigenvalue weighted by atomic mass is 10.1. The minimum atomic E-state index is 0.838. The van der Waals surface area contributed by atoms with Crippen molar-refractivity contribution in [3.8, 4) is 0 Å². The van der Waals surface area contributed by atoms with Gasteiger partial charge >= 0.3 is 0 Å². The molecule has 0 saturated heterocycles. The molecule has 0 aromatic carbocycles. The van der Waals surface area contributed by atoms with Crippen LogP contribution in [0.2, 0.25) is 0 Å². The van der Waals surface area contributed by atoms with Crippen LogP contribution in [0, 0.1) is 0 Å². The first-order valence-corrected chi connectivity index (χ1v) is 6.23. The van der Waals surface area contributed by atoms with Gasteiger partial charge in [-0.3, -0.25) is 0 Å². The average Bonchev–Trinajstić information content (AvgIpc) is 2.84. The highest BCUT2D eigenvalue weighted by atomic mass is 32.1. The monoisotopic (exact) mass is 207 g/mol.